The first-order chi connectivity index (χ1) is 8.49. The zero-order valence-corrected chi connectivity index (χ0v) is 10.8. The number of halogens is 3. The van der Waals surface area contributed by atoms with Gasteiger partial charge in [0.1, 0.15) is 0 Å². The summed E-state index contributed by atoms with van der Waals surface area (Å²) in [6.07, 6.45) is 0. The normalized spacial score (nSPS) is 10.9. The van der Waals surface area contributed by atoms with E-state index in [1.165, 1.54) is 7.05 Å². The maximum Gasteiger partial charge on any atom is 0.389 e. The summed E-state index contributed by atoms with van der Waals surface area (Å²) >= 11 is 3.24. The van der Waals surface area contributed by atoms with Crippen molar-refractivity contribution in [2.45, 2.75) is 6.61 Å². The van der Waals surface area contributed by atoms with E-state index < -0.39 is 18.3 Å². The summed E-state index contributed by atoms with van der Waals surface area (Å²) < 4.78 is 31.4. The first-order valence-electron chi connectivity index (χ1n) is 4.86. The fourth-order valence-electron chi connectivity index (χ4n) is 1.41. The number of aryl methyl sites for hydroxylation is 1. The highest BCUT2D eigenvalue weighted by Crippen LogP contribution is 2.17. The molecule has 18 heavy (non-hydrogen) atoms. The van der Waals surface area contributed by atoms with Crippen LogP contribution in [0.1, 0.15) is 0 Å². The lowest BCUT2D eigenvalue weighted by Crippen LogP contribution is -2.22. The van der Waals surface area contributed by atoms with E-state index in [0.717, 1.165) is 13.7 Å². The molecule has 1 aromatic heterocycles. The zero-order valence-electron chi connectivity index (χ0n) is 9.18. The van der Waals surface area contributed by atoms with E-state index in [9.17, 15) is 13.6 Å². The Balaban J connectivity index is 2.55. The van der Waals surface area contributed by atoms with Gasteiger partial charge in [-0.2, -0.15) is 8.78 Å². The van der Waals surface area contributed by atoms with E-state index in [2.05, 4.69) is 25.8 Å². The van der Waals surface area contributed by atoms with Crippen molar-refractivity contribution in [3.8, 4) is 11.7 Å². The molecule has 0 fully saturated rings. The minimum absolute atomic E-state index is 0.395. The number of ether oxygens (including phenoxy) is 1. The number of alkyl halides is 2. The monoisotopic (exact) mass is 319 g/mol. The molecule has 0 saturated carbocycles. The van der Waals surface area contributed by atoms with Gasteiger partial charge in [0.15, 0.2) is 0 Å². The van der Waals surface area contributed by atoms with E-state index >= 15 is 0 Å². The van der Waals surface area contributed by atoms with E-state index in [4.69, 9.17) is 0 Å². The minimum atomic E-state index is -3.04. The van der Waals surface area contributed by atoms with Crippen molar-refractivity contribution in [3.63, 3.8) is 0 Å². The van der Waals surface area contributed by atoms with Gasteiger partial charge in [-0.3, -0.25) is 0 Å². The topological polar surface area (TPSA) is 49.0 Å². The quantitative estimate of drug-likeness (QED) is 0.868. The van der Waals surface area contributed by atoms with Crippen LogP contribution in [0.25, 0.3) is 5.69 Å². The van der Waals surface area contributed by atoms with E-state index in [0.29, 0.717) is 5.69 Å². The average Bonchev–Trinajstić information content (AvgIpc) is 2.55. The molecule has 1 heterocycles. The fraction of sp³-hybridized carbons (Fsp3) is 0.200. The van der Waals surface area contributed by atoms with Crippen LogP contribution in [0, 0.1) is 0 Å². The van der Waals surface area contributed by atoms with Crippen LogP contribution in [-0.4, -0.2) is 21.0 Å². The maximum atomic E-state index is 12.2. The Hall–Kier alpha value is -1.70. The van der Waals surface area contributed by atoms with Gasteiger partial charge in [-0.1, -0.05) is 15.9 Å². The number of rotatable bonds is 3. The Morgan fingerprint density at radius 3 is 2.50 bits per heavy atom. The van der Waals surface area contributed by atoms with Gasteiger partial charge >= 0.3 is 18.3 Å². The van der Waals surface area contributed by atoms with Gasteiger partial charge in [-0.25, -0.2) is 14.0 Å². The molecule has 0 spiro atoms. The molecule has 0 aliphatic carbocycles. The molecule has 0 aliphatic heterocycles. The lowest BCUT2D eigenvalue weighted by molar-refractivity contribution is -0.0575. The molecule has 0 N–H and O–H groups in total. The second-order valence-electron chi connectivity index (χ2n) is 3.38. The van der Waals surface area contributed by atoms with Crippen molar-refractivity contribution in [2.75, 3.05) is 0 Å². The summed E-state index contributed by atoms with van der Waals surface area (Å²) in [6, 6.07) is 6.10. The highest BCUT2D eigenvalue weighted by atomic mass is 79.9. The summed E-state index contributed by atoms with van der Waals surface area (Å²) in [5.74, 6) is 0. The third-order valence-electron chi connectivity index (χ3n) is 2.17. The van der Waals surface area contributed by atoms with Crippen molar-refractivity contribution in [1.82, 2.24) is 14.3 Å². The lowest BCUT2D eigenvalue weighted by Gasteiger charge is -2.05. The molecule has 0 aliphatic rings. The van der Waals surface area contributed by atoms with Gasteiger partial charge in [0, 0.05) is 11.5 Å². The molecule has 2 aromatic rings. The average molecular weight is 320 g/mol. The van der Waals surface area contributed by atoms with E-state index in [1.807, 2.05) is 0 Å². The van der Waals surface area contributed by atoms with Gasteiger partial charge in [0.05, 0.1) is 5.69 Å². The Bertz CT molecular complexity index is 607. The van der Waals surface area contributed by atoms with Crippen LogP contribution >= 0.6 is 15.9 Å². The Morgan fingerprint density at radius 1 is 1.33 bits per heavy atom. The Kier molecular flexibility index (Phi) is 3.46. The second-order valence-corrected chi connectivity index (χ2v) is 4.29. The summed E-state index contributed by atoms with van der Waals surface area (Å²) in [7, 11) is 1.36. The summed E-state index contributed by atoms with van der Waals surface area (Å²) in [5.41, 5.74) is -0.167. The summed E-state index contributed by atoms with van der Waals surface area (Å²) in [4.78, 5) is 11.8. The lowest BCUT2D eigenvalue weighted by atomic mass is 10.3. The smallest absolute Gasteiger partial charge is 0.389 e. The van der Waals surface area contributed by atoms with Crippen LogP contribution in [0.5, 0.6) is 6.01 Å². The van der Waals surface area contributed by atoms with Crippen LogP contribution in [-0.2, 0) is 7.05 Å². The van der Waals surface area contributed by atoms with Crippen molar-refractivity contribution in [1.29, 1.82) is 0 Å². The first kappa shape index (κ1) is 12.7. The van der Waals surface area contributed by atoms with Crippen molar-refractivity contribution < 1.29 is 13.5 Å². The second kappa shape index (κ2) is 4.89. The third-order valence-corrected chi connectivity index (χ3v) is 2.70. The summed E-state index contributed by atoms with van der Waals surface area (Å²) in [6.45, 7) is -3.04. The largest absolute Gasteiger partial charge is 0.401 e. The molecule has 96 valence electrons. The number of nitrogens with zero attached hydrogens (tertiary/aromatic N) is 3. The van der Waals surface area contributed by atoms with E-state index in [1.54, 1.807) is 24.3 Å². The third kappa shape index (κ3) is 2.42. The van der Waals surface area contributed by atoms with E-state index in [-0.39, 0.29) is 0 Å². The standard InChI is InChI=1S/C10H8BrF2N3O2/c1-15-10(17)16(9(14-15)18-8(12)13)7-4-2-6(11)3-5-7/h2-5,8H,1H3. The molecule has 8 heteroatoms. The first-order valence-corrected chi connectivity index (χ1v) is 5.65. The number of aromatic nitrogens is 3. The summed E-state index contributed by atoms with van der Waals surface area (Å²) in [5, 5.41) is 3.60. The molecular formula is C10H8BrF2N3O2. The SMILES string of the molecule is Cn1nc(OC(F)F)n(-c2ccc(Br)cc2)c1=O. The van der Waals surface area contributed by atoms with Crippen LogP contribution in [0.4, 0.5) is 8.78 Å². The molecule has 0 saturated heterocycles. The van der Waals surface area contributed by atoms with Crippen molar-refractivity contribution in [2.24, 2.45) is 7.05 Å². The molecular weight excluding hydrogens is 312 g/mol. The maximum absolute atomic E-state index is 12.2. The van der Waals surface area contributed by atoms with Gasteiger partial charge < -0.3 is 4.74 Å². The molecule has 0 amide bonds. The van der Waals surface area contributed by atoms with Gasteiger partial charge in [-0.05, 0) is 24.3 Å². The number of hydrogen-bond donors (Lipinski definition) is 0. The van der Waals surface area contributed by atoms with Gasteiger partial charge in [-0.15, -0.1) is 5.10 Å². The molecule has 2 rings (SSSR count). The van der Waals surface area contributed by atoms with Crippen LogP contribution in [0.3, 0.4) is 0 Å². The van der Waals surface area contributed by atoms with Crippen LogP contribution in [0.2, 0.25) is 0 Å². The number of hydrogen-bond acceptors (Lipinski definition) is 3. The number of benzene rings is 1. The van der Waals surface area contributed by atoms with Crippen molar-refractivity contribution >= 4 is 15.9 Å². The van der Waals surface area contributed by atoms with Crippen LogP contribution in [0.15, 0.2) is 33.5 Å². The fourth-order valence-corrected chi connectivity index (χ4v) is 1.67. The Labute approximate surface area is 109 Å². The predicted octanol–water partition coefficient (Wildman–Crippen LogP) is 1.93. The van der Waals surface area contributed by atoms with Crippen molar-refractivity contribution in [3.05, 3.63) is 39.2 Å². The highest BCUT2D eigenvalue weighted by Gasteiger charge is 2.17. The molecule has 5 nitrogen and oxygen atoms in total. The molecule has 0 radical (unpaired) electrons. The molecule has 0 unspecified atom stereocenters. The highest BCUT2D eigenvalue weighted by molar-refractivity contribution is 9.10. The van der Waals surface area contributed by atoms with Gasteiger partial charge in [0.25, 0.3) is 0 Å². The Morgan fingerprint density at radius 2 is 1.94 bits per heavy atom. The minimum Gasteiger partial charge on any atom is -0.401 e. The van der Waals surface area contributed by atoms with Crippen LogP contribution < -0.4 is 10.4 Å². The zero-order chi connectivity index (χ0) is 13.3. The molecule has 0 bridgehead atoms. The van der Waals surface area contributed by atoms with Gasteiger partial charge in [0.2, 0.25) is 0 Å². The molecule has 0 atom stereocenters. The predicted molar refractivity (Wildman–Crippen MR) is 63.1 cm³/mol. The molecule has 1 aromatic carbocycles.